The van der Waals surface area contributed by atoms with Crippen molar-refractivity contribution in [3.63, 3.8) is 0 Å². The molecule has 6 rings (SSSR count). The van der Waals surface area contributed by atoms with Crippen LogP contribution >= 0.6 is 0 Å². The van der Waals surface area contributed by atoms with Crippen molar-refractivity contribution in [1.82, 2.24) is 9.97 Å². The van der Waals surface area contributed by atoms with Crippen LogP contribution in [-0.2, 0) is 25.5 Å². The third-order valence-electron chi connectivity index (χ3n) is 15.1. The first-order chi connectivity index (χ1) is 30.6. The van der Waals surface area contributed by atoms with E-state index in [2.05, 4.69) is 87.5 Å². The van der Waals surface area contributed by atoms with E-state index in [1.54, 1.807) is 0 Å². The molecular weight excluding hydrogens is 821 g/mol. The van der Waals surface area contributed by atoms with Crippen LogP contribution in [0.4, 0.5) is 0 Å². The second-order valence-corrected chi connectivity index (χ2v) is 20.2. The zero-order valence-corrected chi connectivity index (χ0v) is 43.4. The molecule has 0 saturated carbocycles. The molecule has 1 N–H and O–H groups in total. The summed E-state index contributed by atoms with van der Waals surface area (Å²) in [5.41, 5.74) is 9.97. The number of nitrogens with zero attached hydrogens (tertiary/aromatic N) is 4. The van der Waals surface area contributed by atoms with Gasteiger partial charge in [-0.05, 0) is 101 Å². The monoisotopic (exact) mass is 899 g/mol. The molecule has 9 nitrogen and oxygen atoms in total. The molecule has 2 aromatic rings. The van der Waals surface area contributed by atoms with Crippen LogP contribution in [0.25, 0.3) is 28.4 Å². The van der Waals surface area contributed by atoms with Gasteiger partial charge in [0, 0.05) is 6.42 Å². The van der Waals surface area contributed by atoms with E-state index in [1.165, 1.54) is 63.2 Å². The Labute approximate surface area is 407 Å². The van der Waals surface area contributed by atoms with Gasteiger partial charge in [0.2, 0.25) is 0 Å². The maximum absolute atomic E-state index is 13.6. The minimum absolute atomic E-state index is 0. The normalized spacial score (nSPS) is 25.2. The van der Waals surface area contributed by atoms with Gasteiger partial charge in [0.15, 0.2) is 0 Å². The van der Waals surface area contributed by atoms with Crippen LogP contribution < -0.4 is 20.7 Å². The number of esters is 2. The number of rotatable bonds is 20. The predicted octanol–water partition coefficient (Wildman–Crippen LogP) is 10.7. The molecule has 1 fully saturated rings. The number of methoxy groups -OCH3 is 1. The Morgan fingerprint density at radius 1 is 0.877 bits per heavy atom. The fraction of sp³-hybridized carbons (Fsp3) is 0.636. The van der Waals surface area contributed by atoms with Crippen molar-refractivity contribution in [1.29, 1.82) is 0 Å². The molecule has 2 unspecified atom stereocenters. The van der Waals surface area contributed by atoms with Crippen LogP contribution in [0.5, 0.6) is 0 Å². The quantitative estimate of drug-likeness (QED) is 0.0796. The standard InChI is InChI=1S/C55H79N4O5.Mg/c1-13-39-35(8)42-28-44-37(10)41(24-25-48(60)64-27-26-34(7)23-17-22-33(6)21-16-20-32(5)19-15-18-31(3)4)52(58-44)50-51(55(62)63-12)54(61)49-38(11)45(59-53(49)50)30-47-40(14-2)36(9)43(57-47)29-46(39)56-42;/h26,28-33,37,39,41,46,52,54,61H,13-25,27H2,1-12H3,(H-,57,59,62);/q-3;+2/p-1/b34-26+,43-29-,44-28-;/t32-,33+,37+,39+,41+,46?,52?,54+;/m1./s1. The minimum atomic E-state index is -1.23. The van der Waals surface area contributed by atoms with Gasteiger partial charge >= 0.3 is 35.0 Å². The fourth-order valence-electron chi connectivity index (χ4n) is 10.9. The summed E-state index contributed by atoms with van der Waals surface area (Å²) in [5.74, 6) is 1.45. The first-order valence-electron chi connectivity index (χ1n) is 24.8. The van der Waals surface area contributed by atoms with Crippen LogP contribution in [0.1, 0.15) is 179 Å². The van der Waals surface area contributed by atoms with E-state index in [0.717, 1.165) is 82.2 Å². The summed E-state index contributed by atoms with van der Waals surface area (Å²) < 4.78 is 11.1. The van der Waals surface area contributed by atoms with Crippen molar-refractivity contribution < 1.29 is 24.2 Å². The van der Waals surface area contributed by atoms with Crippen LogP contribution in [0.3, 0.4) is 0 Å². The van der Waals surface area contributed by atoms with E-state index in [-0.39, 0.29) is 71.4 Å². The van der Waals surface area contributed by atoms with E-state index in [1.807, 2.05) is 13.0 Å². The summed E-state index contributed by atoms with van der Waals surface area (Å²) in [6, 6.07) is -0.615. The van der Waals surface area contributed by atoms with Gasteiger partial charge in [-0.1, -0.05) is 157 Å². The maximum Gasteiger partial charge on any atom is 2.00 e. The van der Waals surface area contributed by atoms with E-state index < -0.39 is 18.1 Å². The van der Waals surface area contributed by atoms with Crippen molar-refractivity contribution in [2.45, 2.75) is 178 Å². The molecule has 352 valence electrons. The number of hydrogen-bond acceptors (Lipinski definition) is 5. The van der Waals surface area contributed by atoms with Crippen molar-refractivity contribution in [3.8, 4) is 0 Å². The molecule has 8 bridgehead atoms. The van der Waals surface area contributed by atoms with Crippen LogP contribution in [0.2, 0.25) is 0 Å². The second-order valence-electron chi connectivity index (χ2n) is 20.2. The zero-order valence-electron chi connectivity index (χ0n) is 42.0. The van der Waals surface area contributed by atoms with E-state index in [0.29, 0.717) is 28.9 Å². The van der Waals surface area contributed by atoms with E-state index in [9.17, 15) is 14.7 Å². The zero-order chi connectivity index (χ0) is 46.4. The number of hydrogen-bond donors (Lipinski definition) is 1. The molecule has 0 aromatic carbocycles. The average Bonchev–Trinajstić information content (AvgIpc) is 3.99. The number of aromatic nitrogens is 2. The molecule has 65 heavy (non-hydrogen) atoms. The summed E-state index contributed by atoms with van der Waals surface area (Å²) in [7, 11) is 1.34. The fourth-order valence-corrected chi connectivity index (χ4v) is 10.9. The van der Waals surface area contributed by atoms with E-state index in [4.69, 9.17) is 30.1 Å². The maximum atomic E-state index is 13.6. The number of ether oxygens (including phenoxy) is 2. The molecule has 3 aliphatic heterocycles. The van der Waals surface area contributed by atoms with Gasteiger partial charge in [-0.3, -0.25) is 4.79 Å². The third kappa shape index (κ3) is 12.0. The Morgan fingerprint density at radius 3 is 2.20 bits per heavy atom. The van der Waals surface area contributed by atoms with Gasteiger partial charge in [0.05, 0.1) is 12.7 Å². The van der Waals surface area contributed by atoms with Gasteiger partial charge in [-0.25, -0.2) is 4.79 Å². The van der Waals surface area contributed by atoms with Crippen molar-refractivity contribution >= 4 is 52.7 Å². The summed E-state index contributed by atoms with van der Waals surface area (Å²) >= 11 is 0. The van der Waals surface area contributed by atoms with Gasteiger partial charge in [-0.15, -0.1) is 33.9 Å². The number of aliphatic hydroxyl groups is 1. The largest absolute Gasteiger partial charge is 2.00 e. The number of allylic oxidation sites excluding steroid dienone is 3. The van der Waals surface area contributed by atoms with Crippen molar-refractivity contribution in [2.24, 2.45) is 35.5 Å². The molecule has 4 aliphatic rings. The molecule has 0 spiro atoms. The summed E-state index contributed by atoms with van der Waals surface area (Å²) in [5, 5.41) is 24.5. The van der Waals surface area contributed by atoms with Crippen molar-refractivity contribution in [3.05, 3.63) is 95.2 Å². The molecule has 1 saturated heterocycles. The first kappa shape index (κ1) is 52.5. The topological polar surface area (TPSA) is 129 Å². The first-order valence-corrected chi connectivity index (χ1v) is 24.8. The molecule has 10 heteroatoms. The Kier molecular flexibility index (Phi) is 19.0. The average molecular weight is 900 g/mol. The van der Waals surface area contributed by atoms with Crippen LogP contribution in [0, 0.1) is 49.4 Å². The number of aliphatic hydroxyl groups excluding tert-OH is 1. The van der Waals surface area contributed by atoms with Gasteiger partial charge in [-0.2, -0.15) is 5.70 Å². The second kappa shape index (κ2) is 23.5. The number of fused-ring (bicyclic) bond motifs is 8. The van der Waals surface area contributed by atoms with E-state index >= 15 is 0 Å². The van der Waals surface area contributed by atoms with Gasteiger partial charge < -0.3 is 35.2 Å². The Bertz CT molecular complexity index is 2260. The van der Waals surface area contributed by atoms with Gasteiger partial charge in [0.25, 0.3) is 0 Å². The number of carbonyl (C=O) groups excluding carboxylic acids is 2. The van der Waals surface area contributed by atoms with Crippen LogP contribution in [0.15, 0.2) is 40.3 Å². The van der Waals surface area contributed by atoms with Crippen molar-refractivity contribution in [2.75, 3.05) is 13.7 Å². The summed E-state index contributed by atoms with van der Waals surface area (Å²) in [6.45, 7) is 24.6. The Hall–Kier alpha value is -3.47. The van der Waals surface area contributed by atoms with Crippen LogP contribution in [-0.4, -0.2) is 65.9 Å². The SMILES string of the molecule is CCc1c(C)/c2[n-]/c1=C\c1[n-]c3c(c1C)[C@H](O)C(C(=O)OC)=C3C1[N-]/C(=C\C3=C(C)[C@H](CC)C(\C=2)[N-]3)[C@@H](C)[C@@H]1CCC(=O)OC/C=C(\C)CCC[C@@H](C)CCC[C@H](C)CCCC(C)C.[Mg+2]. The summed E-state index contributed by atoms with van der Waals surface area (Å²) in [6.07, 6.45) is 21.0. The molecule has 8 atom stereocenters. The minimum Gasteiger partial charge on any atom is -0.681 e. The molecular formula is C55H78MgN4O5-2. The third-order valence-corrected chi connectivity index (χ3v) is 15.1. The smallest absolute Gasteiger partial charge is 0.681 e. The predicted molar refractivity (Wildman–Crippen MR) is 265 cm³/mol. The Morgan fingerprint density at radius 2 is 1.55 bits per heavy atom. The summed E-state index contributed by atoms with van der Waals surface area (Å²) in [4.78, 5) is 37.4. The molecule has 5 heterocycles. The van der Waals surface area contributed by atoms with Gasteiger partial charge in [0.1, 0.15) is 12.7 Å². The molecule has 0 radical (unpaired) electrons. The molecule has 2 aromatic heterocycles. The molecule has 1 aliphatic carbocycles. The number of carbonyl (C=O) groups is 2. The Balaban J connectivity index is 0.00000793. The molecule has 0 amide bonds.